The second kappa shape index (κ2) is 24.6. The Morgan fingerprint density at radius 1 is 0.167 bits per heavy atom. The largest absolute Gasteiger partial charge is 0.508 e. The number of phenols is 6. The topological polar surface area (TPSA) is 121 Å². The van der Waals surface area contributed by atoms with Crippen LogP contribution in [0.5, 0.6) is 34.5 Å². The number of benzene rings is 6. The van der Waals surface area contributed by atoms with Gasteiger partial charge in [-0.15, -0.1) is 0 Å². The third-order valence-electron chi connectivity index (χ3n) is 10.4. The van der Waals surface area contributed by atoms with E-state index in [0.717, 1.165) is 0 Å². The van der Waals surface area contributed by atoms with Crippen LogP contribution in [0.15, 0.2) is 146 Å². The van der Waals surface area contributed by atoms with Gasteiger partial charge in [-0.05, 0) is 139 Å². The zero-order chi connectivity index (χ0) is 50.9. The highest BCUT2D eigenvalue weighted by Crippen LogP contribution is 2.28. The summed E-state index contributed by atoms with van der Waals surface area (Å²) in [6, 6.07) is 44.1. The molecule has 0 amide bonds. The van der Waals surface area contributed by atoms with Crippen molar-refractivity contribution >= 4 is 0 Å². The van der Waals surface area contributed by atoms with Gasteiger partial charge in [-0.1, -0.05) is 197 Å². The molecule has 360 valence electrons. The summed E-state index contributed by atoms with van der Waals surface area (Å²) in [5.74, 6) is 1.99. The predicted molar refractivity (Wildman–Crippen MR) is 281 cm³/mol. The Balaban J connectivity index is 0.000000396. The van der Waals surface area contributed by atoms with Crippen molar-refractivity contribution in [3.05, 3.63) is 179 Å². The first-order chi connectivity index (χ1) is 30.0. The van der Waals surface area contributed by atoms with Crippen LogP contribution in [0.1, 0.15) is 158 Å². The highest BCUT2D eigenvalue weighted by Gasteiger charge is 2.16. The van der Waals surface area contributed by atoms with Crippen molar-refractivity contribution in [1.29, 1.82) is 0 Å². The first kappa shape index (κ1) is 58.1. The lowest BCUT2D eigenvalue weighted by Gasteiger charge is -2.18. The minimum absolute atomic E-state index is 0.174. The normalized spacial score (nSPS) is 11.5. The van der Waals surface area contributed by atoms with Crippen LogP contribution in [0.4, 0.5) is 0 Å². The summed E-state index contributed by atoms with van der Waals surface area (Å²) in [5.41, 5.74) is 8.52. The predicted octanol–water partition coefficient (Wildman–Crippen LogP) is 16.1. The molecule has 6 aromatic carbocycles. The molecule has 0 heterocycles. The summed E-state index contributed by atoms with van der Waals surface area (Å²) in [6.45, 7) is 38.7. The van der Waals surface area contributed by atoms with Gasteiger partial charge in [-0.2, -0.15) is 0 Å². The van der Waals surface area contributed by atoms with E-state index >= 15 is 0 Å². The van der Waals surface area contributed by atoms with Crippen LogP contribution in [0.2, 0.25) is 0 Å². The maximum atomic E-state index is 9.02. The molecule has 0 aliphatic heterocycles. The fourth-order valence-corrected chi connectivity index (χ4v) is 5.77. The molecule has 0 bridgehead atoms. The summed E-state index contributed by atoms with van der Waals surface area (Å²) in [7, 11) is 0. The number of hydrogen-bond donors (Lipinski definition) is 6. The molecule has 0 radical (unpaired) electrons. The standard InChI is InChI=1S/6C10H14O/c6*1-10(2,3)8-4-6-9(11)7-5-8/h6*4-7,11H,1-3H3. The molecular formula is C60H84O6. The van der Waals surface area contributed by atoms with Crippen molar-refractivity contribution < 1.29 is 30.6 Å². The van der Waals surface area contributed by atoms with Gasteiger partial charge in [-0.3, -0.25) is 0 Å². The van der Waals surface area contributed by atoms with Gasteiger partial charge in [0.1, 0.15) is 34.5 Å². The fourth-order valence-electron chi connectivity index (χ4n) is 5.77. The van der Waals surface area contributed by atoms with E-state index in [0.29, 0.717) is 34.5 Å². The van der Waals surface area contributed by atoms with E-state index < -0.39 is 0 Å². The lowest BCUT2D eigenvalue weighted by molar-refractivity contribution is 0.473. The van der Waals surface area contributed by atoms with Crippen LogP contribution in [0, 0.1) is 0 Å². The summed E-state index contributed by atoms with van der Waals surface area (Å²) in [4.78, 5) is 0. The van der Waals surface area contributed by atoms with E-state index in [2.05, 4.69) is 125 Å². The Kier molecular flexibility index (Phi) is 21.7. The number of aromatic hydroxyl groups is 6. The van der Waals surface area contributed by atoms with Gasteiger partial charge in [-0.25, -0.2) is 0 Å². The monoisotopic (exact) mass is 901 g/mol. The summed E-state index contributed by atoms with van der Waals surface area (Å²) in [6.07, 6.45) is 0. The molecule has 6 heteroatoms. The van der Waals surface area contributed by atoms with Crippen LogP contribution < -0.4 is 0 Å². The molecule has 0 atom stereocenters. The van der Waals surface area contributed by atoms with Crippen molar-refractivity contribution in [1.82, 2.24) is 0 Å². The molecule has 0 unspecified atom stereocenters. The summed E-state index contributed by atoms with van der Waals surface area (Å²) in [5, 5.41) is 54.1. The van der Waals surface area contributed by atoms with Gasteiger partial charge in [0, 0.05) is 0 Å². The van der Waals surface area contributed by atoms with Gasteiger partial charge in [0.25, 0.3) is 0 Å². The average Bonchev–Trinajstić information content (AvgIpc) is 3.18. The molecule has 0 aromatic heterocycles. The Morgan fingerprint density at radius 3 is 0.303 bits per heavy atom. The van der Waals surface area contributed by atoms with E-state index in [4.69, 9.17) is 30.6 Å². The van der Waals surface area contributed by atoms with Crippen LogP contribution in [0.25, 0.3) is 0 Å². The Bertz CT molecular complexity index is 1800. The maximum Gasteiger partial charge on any atom is 0.115 e. The third-order valence-corrected chi connectivity index (χ3v) is 10.4. The zero-order valence-corrected chi connectivity index (χ0v) is 43.5. The second-order valence-electron chi connectivity index (χ2n) is 22.8. The van der Waals surface area contributed by atoms with Crippen LogP contribution >= 0.6 is 0 Å². The maximum absolute atomic E-state index is 9.02. The second-order valence-corrected chi connectivity index (χ2v) is 22.8. The van der Waals surface area contributed by atoms with Gasteiger partial charge < -0.3 is 30.6 Å². The first-order valence-electron chi connectivity index (χ1n) is 22.8. The third kappa shape index (κ3) is 23.3. The van der Waals surface area contributed by atoms with Crippen LogP contribution in [-0.2, 0) is 32.5 Å². The van der Waals surface area contributed by atoms with Gasteiger partial charge >= 0.3 is 0 Å². The minimum atomic E-state index is 0.174. The highest BCUT2D eigenvalue weighted by atomic mass is 16.3. The Morgan fingerprint density at radius 2 is 0.242 bits per heavy atom. The molecule has 66 heavy (non-hydrogen) atoms. The molecule has 6 nitrogen and oxygen atoms in total. The SMILES string of the molecule is CC(C)(C)c1ccc(O)cc1.CC(C)(C)c1ccc(O)cc1.CC(C)(C)c1ccc(O)cc1.CC(C)(C)c1ccc(O)cc1.CC(C)(C)c1ccc(O)cc1.CC(C)(C)c1ccc(O)cc1. The molecule has 6 aromatic rings. The number of hydrogen-bond acceptors (Lipinski definition) is 6. The summed E-state index contributed by atoms with van der Waals surface area (Å²) < 4.78 is 0. The van der Waals surface area contributed by atoms with Crippen LogP contribution in [0.3, 0.4) is 0 Å². The first-order valence-corrected chi connectivity index (χ1v) is 22.8. The lowest BCUT2D eigenvalue weighted by Crippen LogP contribution is -2.10. The van der Waals surface area contributed by atoms with E-state index in [1.54, 1.807) is 72.8 Å². The molecule has 6 rings (SSSR count). The Hall–Kier alpha value is -5.88. The fraction of sp³-hybridized carbons (Fsp3) is 0.400. The molecular weight excluding hydrogens is 817 g/mol. The van der Waals surface area contributed by atoms with Crippen molar-refractivity contribution in [2.75, 3.05) is 0 Å². The Labute approximate surface area is 399 Å². The van der Waals surface area contributed by atoms with Crippen molar-refractivity contribution in [3.8, 4) is 34.5 Å². The van der Waals surface area contributed by atoms with Crippen molar-refractivity contribution in [2.45, 2.75) is 157 Å². The van der Waals surface area contributed by atoms with E-state index in [1.807, 2.05) is 72.8 Å². The highest BCUT2D eigenvalue weighted by molar-refractivity contribution is 5.34. The molecule has 6 N–H and O–H groups in total. The molecule has 0 fully saturated rings. The van der Waals surface area contributed by atoms with Crippen LogP contribution in [-0.4, -0.2) is 30.6 Å². The van der Waals surface area contributed by atoms with Gasteiger partial charge in [0.15, 0.2) is 0 Å². The summed E-state index contributed by atoms with van der Waals surface area (Å²) >= 11 is 0. The van der Waals surface area contributed by atoms with E-state index in [-0.39, 0.29) is 32.5 Å². The van der Waals surface area contributed by atoms with Crippen molar-refractivity contribution in [2.24, 2.45) is 0 Å². The van der Waals surface area contributed by atoms with E-state index in [9.17, 15) is 0 Å². The molecule has 0 aliphatic rings. The molecule has 0 saturated carbocycles. The average molecular weight is 901 g/mol. The zero-order valence-electron chi connectivity index (χ0n) is 43.5. The lowest BCUT2D eigenvalue weighted by atomic mass is 9.87. The molecule has 0 saturated heterocycles. The molecule has 0 spiro atoms. The smallest absolute Gasteiger partial charge is 0.115 e. The van der Waals surface area contributed by atoms with Gasteiger partial charge in [0.05, 0.1) is 0 Å². The number of phenolic OH excluding ortho intramolecular Hbond substituents is 6. The minimum Gasteiger partial charge on any atom is -0.508 e. The number of rotatable bonds is 0. The quantitative estimate of drug-likeness (QED) is 0.0903. The van der Waals surface area contributed by atoms with Gasteiger partial charge in [0.2, 0.25) is 0 Å². The van der Waals surface area contributed by atoms with E-state index in [1.165, 1.54) is 33.4 Å². The molecule has 0 aliphatic carbocycles. The van der Waals surface area contributed by atoms with Crippen molar-refractivity contribution in [3.63, 3.8) is 0 Å².